The van der Waals surface area contributed by atoms with Crippen molar-refractivity contribution in [3.63, 3.8) is 0 Å². The highest BCUT2D eigenvalue weighted by Gasteiger charge is 2.09. The third kappa shape index (κ3) is 3.11. The number of halogens is 1. The second kappa shape index (κ2) is 5.17. The summed E-state index contributed by atoms with van der Waals surface area (Å²) in [7, 11) is 0. The van der Waals surface area contributed by atoms with Crippen LogP contribution in [0.4, 0.5) is 11.5 Å². The third-order valence-corrected chi connectivity index (χ3v) is 1.85. The summed E-state index contributed by atoms with van der Waals surface area (Å²) in [6.45, 7) is 2.12. The summed E-state index contributed by atoms with van der Waals surface area (Å²) in [6.07, 6.45) is 1.15. The summed E-state index contributed by atoms with van der Waals surface area (Å²) < 4.78 is 0. The zero-order valence-electron chi connectivity index (χ0n) is 7.95. The van der Waals surface area contributed by atoms with Gasteiger partial charge in [0, 0.05) is 6.07 Å². The van der Waals surface area contributed by atoms with Gasteiger partial charge < -0.3 is 5.32 Å². The van der Waals surface area contributed by atoms with Crippen molar-refractivity contribution < 1.29 is 4.92 Å². The van der Waals surface area contributed by atoms with Gasteiger partial charge in [0.1, 0.15) is 12.0 Å². The number of hydrogen-bond acceptors (Lipinski definition) is 4. The van der Waals surface area contributed by atoms with E-state index in [-0.39, 0.29) is 10.7 Å². The van der Waals surface area contributed by atoms with Gasteiger partial charge in [-0.1, -0.05) is 17.5 Å². The summed E-state index contributed by atoms with van der Waals surface area (Å²) >= 11 is 5.77. The summed E-state index contributed by atoms with van der Waals surface area (Å²) in [6, 6.07) is 1.25. The van der Waals surface area contributed by atoms with Crippen LogP contribution in [-0.4, -0.2) is 16.5 Å². The second-order valence-electron chi connectivity index (χ2n) is 2.56. The fourth-order valence-electron chi connectivity index (χ4n) is 0.874. The minimum atomic E-state index is -0.547. The molecular weight excluding hydrogens is 218 g/mol. The molecule has 0 bridgehead atoms. The van der Waals surface area contributed by atoms with Crippen LogP contribution in [0.3, 0.4) is 0 Å². The topological polar surface area (TPSA) is 68.1 Å². The quantitative estimate of drug-likeness (QED) is 0.486. The smallest absolute Gasteiger partial charge is 0.289 e. The van der Waals surface area contributed by atoms with Crippen LogP contribution >= 0.6 is 11.6 Å². The molecule has 0 aromatic carbocycles. The van der Waals surface area contributed by atoms with Crippen LogP contribution in [0.2, 0.25) is 5.02 Å². The molecule has 15 heavy (non-hydrogen) atoms. The molecule has 0 atom stereocenters. The number of hydrogen-bond donors (Lipinski definition) is 1. The van der Waals surface area contributed by atoms with E-state index in [2.05, 4.69) is 22.1 Å². The van der Waals surface area contributed by atoms with Gasteiger partial charge in [0.05, 0.1) is 16.5 Å². The van der Waals surface area contributed by atoms with Gasteiger partial charge in [0.2, 0.25) is 0 Å². The Morgan fingerprint density at radius 3 is 3.00 bits per heavy atom. The standard InChI is InChI=1S/C9H8ClN3O2/c1-2-3-4-11-9-8(10)5-7(6-12-9)13(14)15/h5-6H,4H2,1H3,(H,11,12). The number of nitrogens with zero attached hydrogens (tertiary/aromatic N) is 2. The molecule has 0 aliphatic heterocycles. The fourth-order valence-corrected chi connectivity index (χ4v) is 1.10. The van der Waals surface area contributed by atoms with Gasteiger partial charge in [-0.3, -0.25) is 10.1 Å². The average molecular weight is 226 g/mol. The summed E-state index contributed by atoms with van der Waals surface area (Å²) in [5.74, 6) is 5.86. The Morgan fingerprint density at radius 1 is 1.73 bits per heavy atom. The van der Waals surface area contributed by atoms with Crippen LogP contribution < -0.4 is 5.32 Å². The van der Waals surface area contributed by atoms with Crippen LogP contribution in [0.5, 0.6) is 0 Å². The van der Waals surface area contributed by atoms with Crippen molar-refractivity contribution in [2.45, 2.75) is 6.92 Å². The van der Waals surface area contributed by atoms with Crippen molar-refractivity contribution in [3.05, 3.63) is 27.4 Å². The van der Waals surface area contributed by atoms with Crippen LogP contribution in [0.15, 0.2) is 12.3 Å². The number of nitro groups is 1. The predicted molar refractivity (Wildman–Crippen MR) is 57.8 cm³/mol. The lowest BCUT2D eigenvalue weighted by atomic mass is 10.4. The molecular formula is C9H8ClN3O2. The molecule has 0 fully saturated rings. The Kier molecular flexibility index (Phi) is 3.89. The molecule has 6 heteroatoms. The molecule has 1 aromatic rings. The van der Waals surface area contributed by atoms with Crippen LogP contribution in [0.25, 0.3) is 0 Å². The highest BCUT2D eigenvalue weighted by Crippen LogP contribution is 2.23. The van der Waals surface area contributed by atoms with E-state index in [1.165, 1.54) is 6.07 Å². The van der Waals surface area contributed by atoms with Gasteiger partial charge in [-0.2, -0.15) is 0 Å². The summed E-state index contributed by atoms with van der Waals surface area (Å²) in [5.41, 5.74) is -0.132. The monoisotopic (exact) mass is 225 g/mol. The Bertz CT molecular complexity index is 437. The first kappa shape index (κ1) is 11.3. The van der Waals surface area contributed by atoms with E-state index in [1.807, 2.05) is 0 Å². The molecule has 1 rings (SSSR count). The molecule has 1 heterocycles. The van der Waals surface area contributed by atoms with Gasteiger partial charge in [-0.05, 0) is 6.92 Å². The number of pyridine rings is 1. The lowest BCUT2D eigenvalue weighted by Gasteiger charge is -2.02. The first-order valence-electron chi connectivity index (χ1n) is 4.08. The molecule has 0 unspecified atom stereocenters. The molecule has 1 N–H and O–H groups in total. The maximum absolute atomic E-state index is 10.4. The summed E-state index contributed by atoms with van der Waals surface area (Å²) in [5, 5.41) is 13.4. The Labute approximate surface area is 91.6 Å². The van der Waals surface area contributed by atoms with E-state index in [0.717, 1.165) is 6.20 Å². The van der Waals surface area contributed by atoms with E-state index in [4.69, 9.17) is 11.6 Å². The fraction of sp³-hybridized carbons (Fsp3) is 0.222. The molecule has 1 aromatic heterocycles. The molecule has 78 valence electrons. The highest BCUT2D eigenvalue weighted by molar-refractivity contribution is 6.33. The van der Waals surface area contributed by atoms with Crippen molar-refractivity contribution in [3.8, 4) is 11.8 Å². The minimum absolute atomic E-state index is 0.132. The number of nitrogens with one attached hydrogen (secondary N) is 1. The SMILES string of the molecule is CC#CCNc1ncc([N+](=O)[O-])cc1Cl. The van der Waals surface area contributed by atoms with Gasteiger partial charge in [-0.15, -0.1) is 5.92 Å². The highest BCUT2D eigenvalue weighted by atomic mass is 35.5. The van der Waals surface area contributed by atoms with Crippen molar-refractivity contribution in [2.24, 2.45) is 0 Å². The number of anilines is 1. The maximum Gasteiger partial charge on any atom is 0.289 e. The van der Waals surface area contributed by atoms with Crippen molar-refractivity contribution >= 4 is 23.1 Å². The van der Waals surface area contributed by atoms with Gasteiger partial charge in [-0.25, -0.2) is 4.98 Å². The van der Waals surface area contributed by atoms with Crippen molar-refractivity contribution in [2.75, 3.05) is 11.9 Å². The zero-order valence-corrected chi connectivity index (χ0v) is 8.71. The van der Waals surface area contributed by atoms with Crippen LogP contribution in [0.1, 0.15) is 6.92 Å². The first-order chi connectivity index (χ1) is 7.15. The van der Waals surface area contributed by atoms with Crippen LogP contribution in [-0.2, 0) is 0 Å². The van der Waals surface area contributed by atoms with Crippen molar-refractivity contribution in [1.82, 2.24) is 4.98 Å². The summed E-state index contributed by atoms with van der Waals surface area (Å²) in [4.78, 5) is 13.7. The number of rotatable bonds is 3. The maximum atomic E-state index is 10.4. The minimum Gasteiger partial charge on any atom is -0.358 e. The van der Waals surface area contributed by atoms with Crippen molar-refractivity contribution in [1.29, 1.82) is 0 Å². The Morgan fingerprint density at radius 2 is 2.47 bits per heavy atom. The van der Waals surface area contributed by atoms with E-state index < -0.39 is 4.92 Å². The normalized spacial score (nSPS) is 8.93. The molecule has 0 spiro atoms. The third-order valence-electron chi connectivity index (χ3n) is 1.56. The van der Waals surface area contributed by atoms with Crippen LogP contribution in [0, 0.1) is 22.0 Å². The van der Waals surface area contributed by atoms with E-state index in [1.54, 1.807) is 6.92 Å². The molecule has 0 saturated heterocycles. The molecule has 0 aliphatic rings. The van der Waals surface area contributed by atoms with E-state index >= 15 is 0 Å². The Hall–Kier alpha value is -1.80. The van der Waals surface area contributed by atoms with Gasteiger partial charge >= 0.3 is 0 Å². The molecule has 0 aliphatic carbocycles. The van der Waals surface area contributed by atoms with Gasteiger partial charge in [0.15, 0.2) is 0 Å². The van der Waals surface area contributed by atoms with E-state index in [9.17, 15) is 10.1 Å². The largest absolute Gasteiger partial charge is 0.358 e. The average Bonchev–Trinajstić information content (AvgIpc) is 2.20. The number of aromatic nitrogens is 1. The lowest BCUT2D eigenvalue weighted by molar-refractivity contribution is -0.385. The zero-order chi connectivity index (χ0) is 11.3. The molecule has 5 nitrogen and oxygen atoms in total. The second-order valence-corrected chi connectivity index (χ2v) is 2.97. The molecule has 0 amide bonds. The lowest BCUT2D eigenvalue weighted by Crippen LogP contribution is -2.02. The predicted octanol–water partition coefficient (Wildman–Crippen LogP) is 2.08. The van der Waals surface area contributed by atoms with Gasteiger partial charge in [0.25, 0.3) is 5.69 Å². The molecule has 0 radical (unpaired) electrons. The Balaban J connectivity index is 2.82. The molecule has 0 saturated carbocycles. The first-order valence-corrected chi connectivity index (χ1v) is 4.46. The van der Waals surface area contributed by atoms with E-state index in [0.29, 0.717) is 12.4 Å².